The van der Waals surface area contributed by atoms with E-state index in [4.69, 9.17) is 14.9 Å². The van der Waals surface area contributed by atoms with Gasteiger partial charge in [0, 0.05) is 26.2 Å². The number of ether oxygens (including phenoxy) is 1. The number of hydrogen-bond acceptors (Lipinski definition) is 15. The molecule has 3 aromatic rings. The third-order valence-corrected chi connectivity index (χ3v) is 10.9. The van der Waals surface area contributed by atoms with Crippen molar-refractivity contribution in [3.8, 4) is 11.1 Å². The van der Waals surface area contributed by atoms with Crippen molar-refractivity contribution in [1.29, 1.82) is 0 Å². The van der Waals surface area contributed by atoms with Gasteiger partial charge >= 0.3 is 12.2 Å². The van der Waals surface area contributed by atoms with Crippen LogP contribution in [0.3, 0.4) is 0 Å². The number of nitrogens with one attached hydrogen (secondary N) is 3. The molecule has 0 saturated heterocycles. The normalized spacial score (nSPS) is 15.7. The van der Waals surface area contributed by atoms with E-state index < -0.39 is 99.3 Å². The molecule has 0 aliphatic carbocycles. The van der Waals surface area contributed by atoms with Crippen LogP contribution in [0, 0.1) is 0 Å². The van der Waals surface area contributed by atoms with Crippen molar-refractivity contribution in [1.82, 2.24) is 20.9 Å². The molecule has 19 heteroatoms. The standard InChI is InChI=1S/C46H68N4O15/c51-27-38(55)42(59)40(57)36(53)25-50(26-37(54)41(58)43(60)39(56)28-52)24-7-5-13-35(49-45(62)63)44(61)47-23-8-12-31-16-20-34(21-17-31)33-18-14-30(15-19-33)9-4-6-22-48-46(64)65-29-32-10-2-1-3-11-32/h1-3,10-11,14-21,35-43,49,51-60H,4-9,12-13,22-29H2,(H,47,61)(H,48,64)(H,62,63)/t35?,36-,37-,38+,39+,40+,41+,42+,43+/m0/s1. The number of benzene rings is 3. The molecule has 19 nitrogen and oxygen atoms in total. The molecule has 362 valence electrons. The predicted octanol–water partition coefficient (Wildman–Crippen LogP) is -0.368. The van der Waals surface area contributed by atoms with Crippen LogP contribution in [-0.4, -0.2) is 180 Å². The van der Waals surface area contributed by atoms with Crippen molar-refractivity contribution >= 4 is 18.1 Å². The molecule has 0 aliphatic rings. The second-order valence-electron chi connectivity index (χ2n) is 16.1. The molecule has 1 unspecified atom stereocenters. The molecule has 0 spiro atoms. The first-order chi connectivity index (χ1) is 31.1. The van der Waals surface area contributed by atoms with Crippen LogP contribution in [0.15, 0.2) is 78.9 Å². The maximum atomic E-state index is 13.0. The van der Waals surface area contributed by atoms with E-state index in [-0.39, 0.29) is 39.0 Å². The number of alkyl carbamates (subject to hydrolysis) is 1. The lowest BCUT2D eigenvalue weighted by atomic mass is 9.99. The molecule has 65 heavy (non-hydrogen) atoms. The molecule has 0 radical (unpaired) electrons. The molecular weight excluding hydrogens is 849 g/mol. The van der Waals surface area contributed by atoms with Crippen LogP contribution in [0.5, 0.6) is 0 Å². The summed E-state index contributed by atoms with van der Waals surface area (Å²) in [5.41, 5.74) is 5.29. The Balaban J connectivity index is 1.42. The van der Waals surface area contributed by atoms with E-state index in [0.717, 1.165) is 41.5 Å². The number of amides is 3. The summed E-state index contributed by atoms with van der Waals surface area (Å²) in [6, 6.07) is 24.8. The van der Waals surface area contributed by atoms with E-state index in [1.807, 2.05) is 54.6 Å². The Morgan fingerprint density at radius 1 is 0.554 bits per heavy atom. The van der Waals surface area contributed by atoms with Gasteiger partial charge in [-0.3, -0.25) is 9.69 Å². The molecule has 0 aromatic heterocycles. The third-order valence-electron chi connectivity index (χ3n) is 10.9. The maximum absolute atomic E-state index is 13.0. The zero-order valence-corrected chi connectivity index (χ0v) is 36.5. The fourth-order valence-electron chi connectivity index (χ4n) is 7.00. The van der Waals surface area contributed by atoms with Gasteiger partial charge in [0.1, 0.15) is 49.3 Å². The van der Waals surface area contributed by atoms with Crippen LogP contribution < -0.4 is 16.0 Å². The van der Waals surface area contributed by atoms with E-state index in [0.29, 0.717) is 19.4 Å². The number of rotatable bonds is 31. The number of hydrogen-bond donors (Lipinski definition) is 14. The molecule has 0 saturated carbocycles. The summed E-state index contributed by atoms with van der Waals surface area (Å²) in [5.74, 6) is -0.538. The second-order valence-corrected chi connectivity index (χ2v) is 16.1. The van der Waals surface area contributed by atoms with Gasteiger partial charge < -0.3 is 76.9 Å². The molecule has 14 N–H and O–H groups in total. The Bertz CT molecular complexity index is 1760. The monoisotopic (exact) mass is 916 g/mol. The zero-order chi connectivity index (χ0) is 47.7. The largest absolute Gasteiger partial charge is 0.465 e. The van der Waals surface area contributed by atoms with Crippen molar-refractivity contribution in [3.05, 3.63) is 95.6 Å². The lowest BCUT2D eigenvalue weighted by molar-refractivity contribution is -0.130. The fraction of sp³-hybridized carbons (Fsp3) is 0.543. The summed E-state index contributed by atoms with van der Waals surface area (Å²) >= 11 is 0. The van der Waals surface area contributed by atoms with Crippen molar-refractivity contribution in [2.45, 2.75) is 113 Å². The molecule has 3 aromatic carbocycles. The Morgan fingerprint density at radius 2 is 1.05 bits per heavy atom. The van der Waals surface area contributed by atoms with Gasteiger partial charge in [-0.15, -0.1) is 0 Å². The molecule has 0 fully saturated rings. The Hall–Kier alpha value is -4.77. The van der Waals surface area contributed by atoms with Gasteiger partial charge in [0.15, 0.2) is 0 Å². The third kappa shape index (κ3) is 20.1. The minimum absolute atomic E-state index is 0.0206. The number of aliphatic hydroxyl groups excluding tert-OH is 10. The van der Waals surface area contributed by atoms with Crippen molar-refractivity contribution in [3.63, 3.8) is 0 Å². The number of unbranched alkanes of at least 4 members (excludes halogenated alkanes) is 2. The highest BCUT2D eigenvalue weighted by Crippen LogP contribution is 2.22. The van der Waals surface area contributed by atoms with Gasteiger partial charge in [0.25, 0.3) is 0 Å². The van der Waals surface area contributed by atoms with Gasteiger partial charge in [0.2, 0.25) is 5.91 Å². The highest BCUT2D eigenvalue weighted by molar-refractivity contribution is 5.85. The Kier molecular flexibility index (Phi) is 24.9. The molecule has 0 heterocycles. The van der Waals surface area contributed by atoms with E-state index in [9.17, 15) is 60.3 Å². The van der Waals surface area contributed by atoms with Gasteiger partial charge in [-0.1, -0.05) is 78.9 Å². The van der Waals surface area contributed by atoms with Crippen LogP contribution in [0.2, 0.25) is 0 Å². The summed E-state index contributed by atoms with van der Waals surface area (Å²) < 4.78 is 5.24. The quantitative estimate of drug-likeness (QED) is 0.0366. The first-order valence-corrected chi connectivity index (χ1v) is 21.9. The number of aryl methyl sites for hydroxylation is 2. The Morgan fingerprint density at radius 3 is 1.55 bits per heavy atom. The molecule has 0 bridgehead atoms. The van der Waals surface area contributed by atoms with Crippen LogP contribution in [0.4, 0.5) is 9.59 Å². The van der Waals surface area contributed by atoms with Crippen molar-refractivity contribution < 1.29 is 75.3 Å². The van der Waals surface area contributed by atoms with Crippen LogP contribution in [0.25, 0.3) is 11.1 Å². The topological polar surface area (TPSA) is 322 Å². The first kappa shape index (κ1) is 54.6. The summed E-state index contributed by atoms with van der Waals surface area (Å²) in [7, 11) is 0. The number of nitrogens with zero attached hydrogens (tertiary/aromatic N) is 1. The van der Waals surface area contributed by atoms with Crippen molar-refractivity contribution in [2.75, 3.05) is 45.9 Å². The van der Waals surface area contributed by atoms with Crippen LogP contribution in [0.1, 0.15) is 55.2 Å². The number of carbonyl (C=O) groups excluding carboxylic acids is 2. The van der Waals surface area contributed by atoms with E-state index >= 15 is 0 Å². The minimum Gasteiger partial charge on any atom is -0.465 e. The molecule has 3 rings (SSSR count). The second kappa shape index (κ2) is 29.7. The van der Waals surface area contributed by atoms with Crippen molar-refractivity contribution in [2.24, 2.45) is 0 Å². The smallest absolute Gasteiger partial charge is 0.407 e. The SMILES string of the molecule is O=C(O)NC(CCCCN(C[C@H](O)[C@@H](O)[C@H](O)[C@H](O)CO)C[C@H](O)[C@@H](O)[C@H](O)[C@H](O)CO)C(=O)NCCCc1ccc(-c2ccc(CCCCNC(=O)OCc3ccccc3)cc2)cc1. The average Bonchev–Trinajstić information content (AvgIpc) is 3.31. The average molecular weight is 917 g/mol. The van der Waals surface area contributed by atoms with Crippen LogP contribution >= 0.6 is 0 Å². The summed E-state index contributed by atoms with van der Waals surface area (Å²) in [6.07, 6.45) is -12.3. The lowest BCUT2D eigenvalue weighted by Crippen LogP contribution is -2.53. The first-order valence-electron chi connectivity index (χ1n) is 21.9. The highest BCUT2D eigenvalue weighted by Gasteiger charge is 2.34. The molecular formula is C46H68N4O15. The predicted molar refractivity (Wildman–Crippen MR) is 238 cm³/mol. The summed E-state index contributed by atoms with van der Waals surface area (Å²) in [6.45, 7) is -1.66. The number of carbonyl (C=O) groups is 3. The van der Waals surface area contributed by atoms with E-state index in [2.05, 4.69) is 40.2 Å². The van der Waals surface area contributed by atoms with Crippen LogP contribution in [-0.2, 0) is 29.0 Å². The molecule has 0 aliphatic heterocycles. The van der Waals surface area contributed by atoms with E-state index in [1.54, 1.807) is 0 Å². The van der Waals surface area contributed by atoms with Gasteiger partial charge in [0.05, 0.1) is 25.4 Å². The minimum atomic E-state index is -1.94. The lowest BCUT2D eigenvalue weighted by Gasteiger charge is -2.33. The number of aliphatic hydroxyl groups is 10. The van der Waals surface area contributed by atoms with E-state index in [1.165, 1.54) is 10.5 Å². The van der Waals surface area contributed by atoms with Gasteiger partial charge in [-0.2, -0.15) is 0 Å². The summed E-state index contributed by atoms with van der Waals surface area (Å²) in [5, 5.41) is 117. The fourth-order valence-corrected chi connectivity index (χ4v) is 7.00. The molecule has 3 amide bonds. The van der Waals surface area contributed by atoms with Gasteiger partial charge in [-0.05, 0) is 85.7 Å². The molecule has 9 atom stereocenters. The zero-order valence-electron chi connectivity index (χ0n) is 36.5. The summed E-state index contributed by atoms with van der Waals surface area (Å²) in [4.78, 5) is 37.9. The van der Waals surface area contributed by atoms with Gasteiger partial charge in [-0.25, -0.2) is 9.59 Å². The maximum Gasteiger partial charge on any atom is 0.407 e. The Labute approximate surface area is 379 Å². The number of carboxylic acid groups (broad SMARTS) is 1. The highest BCUT2D eigenvalue weighted by atomic mass is 16.5.